The zero-order valence-electron chi connectivity index (χ0n) is 20.1. The van der Waals surface area contributed by atoms with Gasteiger partial charge in [0.15, 0.2) is 0 Å². The average molecular weight is 448 g/mol. The summed E-state index contributed by atoms with van der Waals surface area (Å²) in [5, 5.41) is 2.99. The lowest BCUT2D eigenvalue weighted by Gasteiger charge is -2.34. The zero-order chi connectivity index (χ0) is 22.8. The molecule has 1 saturated carbocycles. The van der Waals surface area contributed by atoms with E-state index in [0.717, 1.165) is 32.5 Å². The molecule has 3 aliphatic rings. The van der Waals surface area contributed by atoms with Gasteiger partial charge in [-0.15, -0.1) is 0 Å². The highest BCUT2D eigenvalue weighted by molar-refractivity contribution is 5.72. The minimum Gasteiger partial charge on any atom is -0.410 e. The fourth-order valence-corrected chi connectivity index (χ4v) is 6.37. The molecule has 2 aromatic carbocycles. The van der Waals surface area contributed by atoms with Crippen molar-refractivity contribution in [1.29, 1.82) is 0 Å². The third-order valence-corrected chi connectivity index (χ3v) is 8.17. The van der Waals surface area contributed by atoms with Crippen molar-refractivity contribution in [3.05, 3.63) is 59.7 Å². The van der Waals surface area contributed by atoms with Crippen LogP contribution in [0.1, 0.15) is 56.6 Å². The Morgan fingerprint density at radius 2 is 1.91 bits per heavy atom. The van der Waals surface area contributed by atoms with E-state index in [2.05, 4.69) is 71.6 Å². The van der Waals surface area contributed by atoms with Crippen molar-refractivity contribution in [2.75, 3.05) is 31.6 Å². The predicted octanol–water partition coefficient (Wildman–Crippen LogP) is 5.34. The van der Waals surface area contributed by atoms with Gasteiger partial charge in [-0.3, -0.25) is 4.90 Å². The van der Waals surface area contributed by atoms with E-state index in [1.165, 1.54) is 48.9 Å². The molecule has 5 rings (SSSR count). The fourth-order valence-electron chi connectivity index (χ4n) is 6.37. The number of amides is 1. The highest BCUT2D eigenvalue weighted by Gasteiger charge is 2.53. The van der Waals surface area contributed by atoms with Crippen LogP contribution < -0.4 is 15.0 Å². The third kappa shape index (κ3) is 4.48. The number of rotatable bonds is 6. The molecule has 1 saturated heterocycles. The van der Waals surface area contributed by atoms with Crippen molar-refractivity contribution < 1.29 is 9.53 Å². The molecule has 2 heterocycles. The van der Waals surface area contributed by atoms with Crippen LogP contribution >= 0.6 is 0 Å². The van der Waals surface area contributed by atoms with E-state index in [9.17, 15) is 4.79 Å². The molecule has 176 valence electrons. The highest BCUT2D eigenvalue weighted by Crippen LogP contribution is 2.52. The molecular formula is C28H37N3O2. The second-order valence-electron chi connectivity index (χ2n) is 10.4. The monoisotopic (exact) mass is 447 g/mol. The van der Waals surface area contributed by atoms with Crippen LogP contribution in [-0.2, 0) is 11.8 Å². The molecule has 1 amide bonds. The Morgan fingerprint density at radius 3 is 2.70 bits per heavy atom. The predicted molar refractivity (Wildman–Crippen MR) is 133 cm³/mol. The van der Waals surface area contributed by atoms with Crippen LogP contribution in [0, 0.1) is 5.92 Å². The molecule has 0 bridgehead atoms. The van der Waals surface area contributed by atoms with Gasteiger partial charge >= 0.3 is 6.09 Å². The van der Waals surface area contributed by atoms with Crippen LogP contribution in [-0.4, -0.2) is 43.8 Å². The first-order chi connectivity index (χ1) is 16.0. The number of carbonyl (C=O) groups excluding carboxylic acids is 1. The summed E-state index contributed by atoms with van der Waals surface area (Å²) in [6.07, 6.45) is 8.50. The molecule has 5 nitrogen and oxygen atoms in total. The van der Waals surface area contributed by atoms with Crippen LogP contribution in [0.2, 0.25) is 0 Å². The second kappa shape index (κ2) is 9.38. The standard InChI is InChI=1S/C28H37N3O2/c1-28-16-18-31(17-15-21-9-5-3-6-10-21)26(28)30(2)25-14-13-23(19-24(25)28)33-27(32)29-20-22-11-7-4-8-12-22/h3,5-6,9-10,13-14,19,22,26H,4,7-8,11-12,15-18,20H2,1-2H3,(H,29,32)/t26?,28-/m0/s1. The van der Waals surface area contributed by atoms with E-state index in [0.29, 0.717) is 17.8 Å². The molecule has 1 N–H and O–H groups in total. The van der Waals surface area contributed by atoms with Crippen LogP contribution in [0.25, 0.3) is 0 Å². The largest absolute Gasteiger partial charge is 0.412 e. The third-order valence-electron chi connectivity index (χ3n) is 8.17. The maximum atomic E-state index is 12.4. The summed E-state index contributed by atoms with van der Waals surface area (Å²) in [4.78, 5) is 17.5. The summed E-state index contributed by atoms with van der Waals surface area (Å²) in [7, 11) is 2.20. The number of hydrogen-bond donors (Lipinski definition) is 1. The van der Waals surface area contributed by atoms with Gasteiger partial charge in [-0.2, -0.15) is 0 Å². The van der Waals surface area contributed by atoms with Crippen LogP contribution in [0.4, 0.5) is 10.5 Å². The molecule has 0 spiro atoms. The van der Waals surface area contributed by atoms with Gasteiger partial charge < -0.3 is 15.0 Å². The molecule has 0 aromatic heterocycles. The minimum absolute atomic E-state index is 0.0404. The summed E-state index contributed by atoms with van der Waals surface area (Å²) < 4.78 is 5.71. The molecule has 0 radical (unpaired) electrons. The van der Waals surface area contributed by atoms with Crippen molar-refractivity contribution >= 4 is 11.8 Å². The van der Waals surface area contributed by atoms with Crippen molar-refractivity contribution in [3.8, 4) is 5.75 Å². The van der Waals surface area contributed by atoms with Crippen molar-refractivity contribution in [3.63, 3.8) is 0 Å². The Bertz CT molecular complexity index is 972. The van der Waals surface area contributed by atoms with Crippen LogP contribution in [0.5, 0.6) is 5.75 Å². The number of nitrogens with zero attached hydrogens (tertiary/aromatic N) is 2. The van der Waals surface area contributed by atoms with Gasteiger partial charge in [-0.1, -0.05) is 56.5 Å². The van der Waals surface area contributed by atoms with Gasteiger partial charge in [0, 0.05) is 37.8 Å². The normalized spacial score (nSPS) is 25.0. The number of ether oxygens (including phenoxy) is 1. The second-order valence-corrected chi connectivity index (χ2v) is 10.4. The lowest BCUT2D eigenvalue weighted by atomic mass is 9.81. The van der Waals surface area contributed by atoms with Crippen molar-refractivity contribution in [1.82, 2.24) is 10.2 Å². The first-order valence-corrected chi connectivity index (χ1v) is 12.7. The van der Waals surface area contributed by atoms with E-state index in [-0.39, 0.29) is 11.5 Å². The summed E-state index contributed by atoms with van der Waals surface area (Å²) in [5.74, 6) is 1.24. The molecule has 2 aromatic rings. The van der Waals surface area contributed by atoms with Gasteiger partial charge in [0.1, 0.15) is 5.75 Å². The number of hydrogen-bond acceptors (Lipinski definition) is 4. The van der Waals surface area contributed by atoms with Crippen molar-refractivity contribution in [2.45, 2.75) is 63.5 Å². The summed E-state index contributed by atoms with van der Waals surface area (Å²) in [6.45, 7) is 5.23. The SMILES string of the molecule is CN1c2ccc(OC(=O)NCC3CCCCC3)cc2[C@]2(C)CCN(CCc3ccccc3)C12. The number of fused-ring (bicyclic) bond motifs is 3. The first-order valence-electron chi connectivity index (χ1n) is 12.7. The van der Waals surface area contributed by atoms with Gasteiger partial charge in [-0.25, -0.2) is 4.79 Å². The van der Waals surface area contributed by atoms with Crippen LogP contribution in [0.3, 0.4) is 0 Å². The average Bonchev–Trinajstić information content (AvgIpc) is 3.29. The lowest BCUT2D eigenvalue weighted by molar-refractivity contribution is 0.196. The molecule has 1 unspecified atom stereocenters. The molecule has 2 fully saturated rings. The number of likely N-dealkylation sites (tertiary alicyclic amines) is 1. The van der Waals surface area contributed by atoms with E-state index < -0.39 is 0 Å². The molecule has 33 heavy (non-hydrogen) atoms. The Balaban J connectivity index is 1.24. The topological polar surface area (TPSA) is 44.8 Å². The highest BCUT2D eigenvalue weighted by atomic mass is 16.6. The Morgan fingerprint density at radius 1 is 1.12 bits per heavy atom. The summed E-state index contributed by atoms with van der Waals surface area (Å²) >= 11 is 0. The molecule has 5 heteroatoms. The Labute approximate surface area is 198 Å². The first kappa shape index (κ1) is 22.3. The molecule has 2 aliphatic heterocycles. The van der Waals surface area contributed by atoms with Gasteiger partial charge in [0.2, 0.25) is 0 Å². The van der Waals surface area contributed by atoms with E-state index in [1.54, 1.807) is 0 Å². The maximum absolute atomic E-state index is 12.4. The number of nitrogens with one attached hydrogen (secondary N) is 1. The van der Waals surface area contributed by atoms with Crippen molar-refractivity contribution in [2.24, 2.45) is 5.92 Å². The summed E-state index contributed by atoms with van der Waals surface area (Å²) in [6, 6.07) is 16.9. The number of carbonyl (C=O) groups is 1. The van der Waals surface area contributed by atoms with Crippen LogP contribution in [0.15, 0.2) is 48.5 Å². The zero-order valence-corrected chi connectivity index (χ0v) is 20.1. The molecule has 2 atom stereocenters. The van der Waals surface area contributed by atoms with Gasteiger partial charge in [0.25, 0.3) is 0 Å². The number of likely N-dealkylation sites (N-methyl/N-ethyl adjacent to an activating group) is 1. The quantitative estimate of drug-likeness (QED) is 0.649. The Hall–Kier alpha value is -2.53. The van der Waals surface area contributed by atoms with E-state index in [1.807, 2.05) is 6.07 Å². The van der Waals surface area contributed by atoms with Gasteiger partial charge in [0.05, 0.1) is 6.17 Å². The fraction of sp³-hybridized carbons (Fsp3) is 0.536. The van der Waals surface area contributed by atoms with E-state index >= 15 is 0 Å². The van der Waals surface area contributed by atoms with E-state index in [4.69, 9.17) is 4.74 Å². The summed E-state index contributed by atoms with van der Waals surface area (Å²) in [5.41, 5.74) is 3.98. The maximum Gasteiger partial charge on any atom is 0.412 e. The Kier molecular flexibility index (Phi) is 6.33. The lowest BCUT2D eigenvalue weighted by Crippen LogP contribution is -2.47. The van der Waals surface area contributed by atoms with Gasteiger partial charge in [-0.05, 0) is 60.9 Å². The smallest absolute Gasteiger partial charge is 0.410 e. The molecule has 1 aliphatic carbocycles. The number of benzene rings is 2. The molecular weight excluding hydrogens is 410 g/mol. The minimum atomic E-state index is -0.329. The number of anilines is 1.